The van der Waals surface area contributed by atoms with Crippen LogP contribution in [0.5, 0.6) is 0 Å². The van der Waals surface area contributed by atoms with E-state index in [1.54, 1.807) is 6.07 Å². The quantitative estimate of drug-likeness (QED) is 0.602. The number of nitriles is 1. The molecule has 60 valence electrons. The van der Waals surface area contributed by atoms with Crippen LogP contribution in [-0.4, -0.2) is 0 Å². The Hall–Kier alpha value is -1.25. The van der Waals surface area contributed by atoms with E-state index in [0.29, 0.717) is 4.88 Å². The Morgan fingerprint density at radius 1 is 1.50 bits per heavy atom. The number of nitrogens with zero attached hydrogens (tertiary/aromatic N) is 1. The summed E-state index contributed by atoms with van der Waals surface area (Å²) in [6.07, 6.45) is 5.36. The molecule has 1 heterocycles. The maximum Gasteiger partial charge on any atom is 0.110 e. The minimum absolute atomic E-state index is 0.250. The molecular weight excluding hydrogens is 166 g/mol. The first-order valence-corrected chi connectivity index (χ1v) is 4.40. The summed E-state index contributed by atoms with van der Waals surface area (Å²) in [6.45, 7) is 3.94. The lowest BCUT2D eigenvalue weighted by Crippen LogP contribution is -2.10. The van der Waals surface area contributed by atoms with Gasteiger partial charge >= 0.3 is 0 Å². The molecule has 1 aromatic rings. The Bertz CT molecular complexity index is 360. The molecule has 0 spiro atoms. The number of hydrogen-bond donors (Lipinski definition) is 0. The summed E-state index contributed by atoms with van der Waals surface area (Å²) in [5, 5.41) is 8.60. The Morgan fingerprint density at radius 3 is 2.58 bits per heavy atom. The summed E-state index contributed by atoms with van der Waals surface area (Å²) in [5.74, 6) is 2.70. The summed E-state index contributed by atoms with van der Waals surface area (Å²) < 4.78 is 0. The predicted octanol–water partition coefficient (Wildman–Crippen LogP) is 2.53. The molecule has 1 nitrogen and oxygen atoms in total. The average molecular weight is 175 g/mol. The van der Waals surface area contributed by atoms with Gasteiger partial charge in [0.05, 0.1) is 5.41 Å². The van der Waals surface area contributed by atoms with Crippen LogP contribution in [0.4, 0.5) is 0 Å². The lowest BCUT2D eigenvalue weighted by Gasteiger charge is -2.13. The van der Waals surface area contributed by atoms with E-state index in [0.717, 1.165) is 4.88 Å². The molecule has 1 aromatic heterocycles. The van der Waals surface area contributed by atoms with E-state index in [-0.39, 0.29) is 5.41 Å². The number of thiophene rings is 1. The second-order valence-corrected chi connectivity index (χ2v) is 4.13. The molecule has 2 heteroatoms. The molecule has 0 saturated heterocycles. The highest BCUT2D eigenvalue weighted by atomic mass is 32.1. The van der Waals surface area contributed by atoms with Crippen molar-refractivity contribution in [1.82, 2.24) is 0 Å². The van der Waals surface area contributed by atoms with Crippen molar-refractivity contribution in [3.63, 3.8) is 0 Å². The van der Waals surface area contributed by atoms with Crippen LogP contribution in [-0.2, 0) is 5.41 Å². The van der Waals surface area contributed by atoms with Gasteiger partial charge in [-0.15, -0.1) is 17.8 Å². The Balaban J connectivity index is 3.08. The molecule has 0 radical (unpaired) electrons. The van der Waals surface area contributed by atoms with Crippen LogP contribution < -0.4 is 0 Å². The van der Waals surface area contributed by atoms with E-state index < -0.39 is 0 Å². The van der Waals surface area contributed by atoms with Gasteiger partial charge in [-0.25, -0.2) is 0 Å². The van der Waals surface area contributed by atoms with Gasteiger partial charge in [0.15, 0.2) is 0 Å². The van der Waals surface area contributed by atoms with E-state index in [9.17, 15) is 0 Å². The van der Waals surface area contributed by atoms with Crippen molar-refractivity contribution in [3.8, 4) is 18.4 Å². The van der Waals surface area contributed by atoms with Crippen LogP contribution in [0, 0.1) is 23.7 Å². The lowest BCUT2D eigenvalue weighted by molar-refractivity contribution is 0.716. The summed E-state index contributed by atoms with van der Waals surface area (Å²) in [5.41, 5.74) is -0.250. The molecule has 0 saturated carbocycles. The molecule has 12 heavy (non-hydrogen) atoms. The van der Waals surface area contributed by atoms with E-state index >= 15 is 0 Å². The SMILES string of the molecule is C#CC(C)(C)c1ccc(C#N)s1. The molecule has 0 aliphatic heterocycles. The smallest absolute Gasteiger partial charge is 0.110 e. The third kappa shape index (κ3) is 1.49. The van der Waals surface area contributed by atoms with E-state index in [2.05, 4.69) is 12.0 Å². The van der Waals surface area contributed by atoms with E-state index in [1.807, 2.05) is 19.9 Å². The first kappa shape index (κ1) is 8.84. The average Bonchev–Trinajstić information content (AvgIpc) is 2.52. The summed E-state index contributed by atoms with van der Waals surface area (Å²) >= 11 is 1.46. The third-order valence-corrected chi connectivity index (χ3v) is 3.01. The van der Waals surface area contributed by atoms with E-state index in [1.165, 1.54) is 11.3 Å². The van der Waals surface area contributed by atoms with E-state index in [4.69, 9.17) is 11.7 Å². The normalized spacial score (nSPS) is 10.3. The van der Waals surface area contributed by atoms with Gasteiger partial charge in [-0.1, -0.05) is 5.92 Å². The maximum atomic E-state index is 8.60. The number of terminal acetylenes is 1. The molecule has 1 rings (SSSR count). The van der Waals surface area contributed by atoms with Crippen molar-refractivity contribution in [1.29, 1.82) is 5.26 Å². The molecule has 0 atom stereocenters. The zero-order chi connectivity index (χ0) is 9.19. The molecule has 0 unspecified atom stereocenters. The summed E-state index contributed by atoms with van der Waals surface area (Å²) in [6, 6.07) is 5.82. The minimum atomic E-state index is -0.250. The van der Waals surface area contributed by atoms with Crippen molar-refractivity contribution in [2.75, 3.05) is 0 Å². The van der Waals surface area contributed by atoms with Crippen molar-refractivity contribution in [3.05, 3.63) is 21.9 Å². The van der Waals surface area contributed by atoms with Gasteiger partial charge in [-0.2, -0.15) is 5.26 Å². The molecule has 0 aliphatic carbocycles. The number of hydrogen-bond acceptors (Lipinski definition) is 2. The highest BCUT2D eigenvalue weighted by molar-refractivity contribution is 7.12. The van der Waals surface area contributed by atoms with Crippen LogP contribution in [0.15, 0.2) is 12.1 Å². The van der Waals surface area contributed by atoms with Crippen LogP contribution in [0.25, 0.3) is 0 Å². The Morgan fingerprint density at radius 2 is 2.17 bits per heavy atom. The van der Waals surface area contributed by atoms with Crippen molar-refractivity contribution >= 4 is 11.3 Å². The molecule has 0 aromatic carbocycles. The molecule has 0 aliphatic rings. The van der Waals surface area contributed by atoms with Gasteiger partial charge in [0.1, 0.15) is 10.9 Å². The third-order valence-electron chi connectivity index (χ3n) is 1.69. The van der Waals surface area contributed by atoms with Crippen LogP contribution in [0.1, 0.15) is 23.6 Å². The second kappa shape index (κ2) is 3.01. The van der Waals surface area contributed by atoms with Crippen molar-refractivity contribution in [2.24, 2.45) is 0 Å². The molecule has 0 amide bonds. The first-order valence-electron chi connectivity index (χ1n) is 3.58. The largest absolute Gasteiger partial charge is 0.192 e. The highest BCUT2D eigenvalue weighted by Gasteiger charge is 2.18. The lowest BCUT2D eigenvalue weighted by atomic mass is 9.93. The standard InChI is InChI=1S/C10H9NS/c1-4-10(2,3)9-6-5-8(7-11)12-9/h1,5-6H,2-3H3. The molecule has 0 fully saturated rings. The van der Waals surface area contributed by atoms with Gasteiger partial charge in [-0.3, -0.25) is 0 Å². The summed E-state index contributed by atoms with van der Waals surface area (Å²) in [7, 11) is 0. The molecule has 0 N–H and O–H groups in total. The minimum Gasteiger partial charge on any atom is -0.192 e. The van der Waals surface area contributed by atoms with Crippen LogP contribution >= 0.6 is 11.3 Å². The number of rotatable bonds is 1. The van der Waals surface area contributed by atoms with Crippen LogP contribution in [0.2, 0.25) is 0 Å². The van der Waals surface area contributed by atoms with Gasteiger partial charge in [0.2, 0.25) is 0 Å². The van der Waals surface area contributed by atoms with Crippen molar-refractivity contribution in [2.45, 2.75) is 19.3 Å². The van der Waals surface area contributed by atoms with Crippen molar-refractivity contribution < 1.29 is 0 Å². The van der Waals surface area contributed by atoms with Gasteiger partial charge < -0.3 is 0 Å². The maximum absolute atomic E-state index is 8.60. The first-order chi connectivity index (χ1) is 5.60. The Kier molecular flexibility index (Phi) is 2.22. The van der Waals surface area contributed by atoms with Gasteiger partial charge in [0, 0.05) is 4.88 Å². The Labute approximate surface area is 76.7 Å². The predicted molar refractivity (Wildman–Crippen MR) is 50.9 cm³/mol. The summed E-state index contributed by atoms with van der Waals surface area (Å²) in [4.78, 5) is 1.79. The molecular formula is C10H9NS. The molecule has 0 bridgehead atoms. The topological polar surface area (TPSA) is 23.8 Å². The van der Waals surface area contributed by atoms with Gasteiger partial charge in [0.25, 0.3) is 0 Å². The zero-order valence-corrected chi connectivity index (χ0v) is 7.90. The second-order valence-electron chi connectivity index (χ2n) is 3.05. The highest BCUT2D eigenvalue weighted by Crippen LogP contribution is 2.28. The fraction of sp³-hybridized carbons (Fsp3) is 0.300. The monoisotopic (exact) mass is 175 g/mol. The fourth-order valence-corrected chi connectivity index (χ4v) is 1.67. The fourth-order valence-electron chi connectivity index (χ4n) is 0.805. The zero-order valence-electron chi connectivity index (χ0n) is 7.09. The van der Waals surface area contributed by atoms with Gasteiger partial charge in [-0.05, 0) is 26.0 Å². The van der Waals surface area contributed by atoms with Crippen LogP contribution in [0.3, 0.4) is 0 Å².